The minimum absolute atomic E-state index is 0.169. The summed E-state index contributed by atoms with van der Waals surface area (Å²) in [5.74, 6) is -0.269. The standard InChI is InChI=1S/C12H20O5/c1-12(2,3)11(15)16-6-4-5-8-7-9(13)10(14)17-8/h4-5,8-10,13-14H,6-7H2,1-3H3/b5-4+/t8-,9-,10?/m1/s1. The largest absolute Gasteiger partial charge is 0.461 e. The molecule has 0 aromatic heterocycles. The maximum absolute atomic E-state index is 11.4. The highest BCUT2D eigenvalue weighted by molar-refractivity contribution is 5.75. The molecule has 5 heteroatoms. The molecule has 1 heterocycles. The van der Waals surface area contributed by atoms with Gasteiger partial charge in [0.05, 0.1) is 11.5 Å². The summed E-state index contributed by atoms with van der Waals surface area (Å²) in [6, 6.07) is 0. The third kappa shape index (κ3) is 4.46. The van der Waals surface area contributed by atoms with Crippen LogP contribution in [-0.2, 0) is 14.3 Å². The Morgan fingerprint density at radius 2 is 2.12 bits per heavy atom. The Labute approximate surface area is 101 Å². The molecule has 0 spiro atoms. The average molecular weight is 244 g/mol. The van der Waals surface area contributed by atoms with Crippen molar-refractivity contribution in [3.63, 3.8) is 0 Å². The monoisotopic (exact) mass is 244 g/mol. The number of carbonyl (C=O) groups is 1. The lowest BCUT2D eigenvalue weighted by atomic mass is 9.97. The summed E-state index contributed by atoms with van der Waals surface area (Å²) in [4.78, 5) is 11.4. The summed E-state index contributed by atoms with van der Waals surface area (Å²) >= 11 is 0. The SMILES string of the molecule is CC(C)(C)C(=O)OC/C=C/[C@@H]1C[C@@H](O)C(O)O1. The van der Waals surface area contributed by atoms with Crippen molar-refractivity contribution in [2.75, 3.05) is 6.61 Å². The summed E-state index contributed by atoms with van der Waals surface area (Å²) in [5.41, 5.74) is -0.510. The lowest BCUT2D eigenvalue weighted by Gasteiger charge is -2.15. The van der Waals surface area contributed by atoms with E-state index in [1.165, 1.54) is 0 Å². The molecule has 1 aliphatic rings. The van der Waals surface area contributed by atoms with Crippen molar-refractivity contribution in [2.24, 2.45) is 5.41 Å². The summed E-state index contributed by atoms with van der Waals surface area (Å²) in [7, 11) is 0. The van der Waals surface area contributed by atoms with Crippen LogP contribution >= 0.6 is 0 Å². The summed E-state index contributed by atoms with van der Waals surface area (Å²) in [6.45, 7) is 5.52. The van der Waals surface area contributed by atoms with Crippen LogP contribution < -0.4 is 0 Å². The van der Waals surface area contributed by atoms with Crippen molar-refractivity contribution < 1.29 is 24.5 Å². The van der Waals surface area contributed by atoms with E-state index in [0.29, 0.717) is 6.42 Å². The minimum Gasteiger partial charge on any atom is -0.461 e. The highest BCUT2D eigenvalue weighted by atomic mass is 16.6. The van der Waals surface area contributed by atoms with Gasteiger partial charge in [-0.2, -0.15) is 0 Å². The molecule has 0 aromatic carbocycles. The summed E-state index contributed by atoms with van der Waals surface area (Å²) in [6.07, 6.45) is 1.39. The minimum atomic E-state index is -1.12. The number of hydrogen-bond donors (Lipinski definition) is 2. The van der Waals surface area contributed by atoms with Gasteiger partial charge in [-0.3, -0.25) is 4.79 Å². The van der Waals surface area contributed by atoms with E-state index in [0.717, 1.165) is 0 Å². The van der Waals surface area contributed by atoms with E-state index in [-0.39, 0.29) is 18.7 Å². The van der Waals surface area contributed by atoms with Crippen molar-refractivity contribution in [1.29, 1.82) is 0 Å². The van der Waals surface area contributed by atoms with Gasteiger partial charge in [-0.15, -0.1) is 0 Å². The van der Waals surface area contributed by atoms with Gasteiger partial charge in [-0.25, -0.2) is 0 Å². The Morgan fingerprint density at radius 1 is 1.47 bits per heavy atom. The van der Waals surface area contributed by atoms with Crippen molar-refractivity contribution in [1.82, 2.24) is 0 Å². The van der Waals surface area contributed by atoms with Crippen molar-refractivity contribution in [3.05, 3.63) is 12.2 Å². The molecule has 1 fully saturated rings. The van der Waals surface area contributed by atoms with Gasteiger partial charge in [0.15, 0.2) is 6.29 Å². The molecule has 1 aliphatic heterocycles. The summed E-state index contributed by atoms with van der Waals surface area (Å²) < 4.78 is 10.0. The summed E-state index contributed by atoms with van der Waals surface area (Å²) in [5, 5.41) is 18.4. The molecular weight excluding hydrogens is 224 g/mol. The van der Waals surface area contributed by atoms with Gasteiger partial charge in [-0.05, 0) is 26.8 Å². The molecule has 0 amide bonds. The second-order valence-electron chi connectivity index (χ2n) is 5.14. The highest BCUT2D eigenvalue weighted by Gasteiger charge is 2.30. The first kappa shape index (κ1) is 14.2. The van der Waals surface area contributed by atoms with Crippen LogP contribution in [0.5, 0.6) is 0 Å². The molecule has 1 saturated heterocycles. The van der Waals surface area contributed by atoms with E-state index in [4.69, 9.17) is 14.6 Å². The first-order chi connectivity index (χ1) is 7.80. The Balaban J connectivity index is 2.26. The van der Waals surface area contributed by atoms with Gasteiger partial charge in [0.1, 0.15) is 12.7 Å². The van der Waals surface area contributed by atoms with Crippen molar-refractivity contribution in [3.8, 4) is 0 Å². The van der Waals surface area contributed by atoms with E-state index in [1.807, 2.05) is 0 Å². The van der Waals surface area contributed by atoms with Crippen LogP contribution in [0.4, 0.5) is 0 Å². The van der Waals surface area contributed by atoms with Crippen LogP contribution in [0.1, 0.15) is 27.2 Å². The molecule has 3 atom stereocenters. The number of ether oxygens (including phenoxy) is 2. The zero-order valence-corrected chi connectivity index (χ0v) is 10.4. The van der Waals surface area contributed by atoms with Crippen LogP contribution in [0.2, 0.25) is 0 Å². The van der Waals surface area contributed by atoms with Gasteiger partial charge in [0.25, 0.3) is 0 Å². The predicted octanol–water partition coefficient (Wildman–Crippen LogP) is 0.600. The van der Waals surface area contributed by atoms with E-state index in [2.05, 4.69) is 0 Å². The molecule has 1 unspecified atom stereocenters. The number of aliphatic hydroxyl groups excluding tert-OH is 2. The first-order valence-electron chi connectivity index (χ1n) is 5.66. The fourth-order valence-corrected chi connectivity index (χ4v) is 1.35. The topological polar surface area (TPSA) is 76.0 Å². The molecular formula is C12H20O5. The van der Waals surface area contributed by atoms with Gasteiger partial charge in [-0.1, -0.05) is 6.08 Å². The van der Waals surface area contributed by atoms with Crippen LogP contribution in [0.15, 0.2) is 12.2 Å². The predicted molar refractivity (Wildman–Crippen MR) is 61.1 cm³/mol. The Kier molecular flexibility index (Phi) is 4.68. The molecule has 0 aromatic rings. The number of aliphatic hydroxyl groups is 2. The van der Waals surface area contributed by atoms with Gasteiger partial charge < -0.3 is 19.7 Å². The maximum atomic E-state index is 11.4. The van der Waals surface area contributed by atoms with E-state index < -0.39 is 17.8 Å². The fourth-order valence-electron chi connectivity index (χ4n) is 1.35. The fraction of sp³-hybridized carbons (Fsp3) is 0.750. The lowest BCUT2D eigenvalue weighted by Crippen LogP contribution is -2.23. The van der Waals surface area contributed by atoms with Crippen LogP contribution in [0, 0.1) is 5.41 Å². The zero-order valence-electron chi connectivity index (χ0n) is 10.4. The van der Waals surface area contributed by atoms with Gasteiger partial charge in [0, 0.05) is 6.42 Å². The first-order valence-corrected chi connectivity index (χ1v) is 5.66. The van der Waals surface area contributed by atoms with Crippen LogP contribution in [0.25, 0.3) is 0 Å². The third-order valence-corrected chi connectivity index (χ3v) is 2.39. The van der Waals surface area contributed by atoms with Crippen LogP contribution in [-0.4, -0.2) is 41.3 Å². The number of rotatable bonds is 3. The van der Waals surface area contributed by atoms with Gasteiger partial charge in [0.2, 0.25) is 0 Å². The zero-order chi connectivity index (χ0) is 13.1. The molecule has 17 heavy (non-hydrogen) atoms. The molecule has 0 aliphatic carbocycles. The van der Waals surface area contributed by atoms with Crippen molar-refractivity contribution in [2.45, 2.75) is 45.7 Å². The molecule has 98 valence electrons. The Morgan fingerprint density at radius 3 is 2.59 bits per heavy atom. The molecule has 1 rings (SSSR count). The second kappa shape index (κ2) is 5.62. The molecule has 2 N–H and O–H groups in total. The molecule has 0 radical (unpaired) electrons. The normalized spacial score (nSPS) is 29.8. The third-order valence-electron chi connectivity index (χ3n) is 2.39. The average Bonchev–Trinajstić information content (AvgIpc) is 2.51. The van der Waals surface area contributed by atoms with E-state index in [1.54, 1.807) is 32.9 Å². The maximum Gasteiger partial charge on any atom is 0.311 e. The smallest absolute Gasteiger partial charge is 0.311 e. The molecule has 0 bridgehead atoms. The highest BCUT2D eigenvalue weighted by Crippen LogP contribution is 2.19. The van der Waals surface area contributed by atoms with Gasteiger partial charge >= 0.3 is 5.97 Å². The number of carbonyl (C=O) groups excluding carboxylic acids is 1. The van der Waals surface area contributed by atoms with E-state index >= 15 is 0 Å². The van der Waals surface area contributed by atoms with Crippen molar-refractivity contribution >= 4 is 5.97 Å². The Bertz CT molecular complexity index is 282. The molecule has 5 nitrogen and oxygen atoms in total. The number of hydrogen-bond acceptors (Lipinski definition) is 5. The number of esters is 1. The molecule has 0 saturated carbocycles. The quantitative estimate of drug-likeness (QED) is 0.561. The Hall–Kier alpha value is -0.910. The van der Waals surface area contributed by atoms with Crippen LogP contribution in [0.3, 0.4) is 0 Å². The second-order valence-corrected chi connectivity index (χ2v) is 5.14. The van der Waals surface area contributed by atoms with E-state index in [9.17, 15) is 9.90 Å². The lowest BCUT2D eigenvalue weighted by molar-refractivity contribution is -0.151.